The number of benzene rings is 1. The maximum Gasteiger partial charge on any atom is 0.230 e. The zero-order valence-electron chi connectivity index (χ0n) is 16.0. The van der Waals surface area contributed by atoms with E-state index < -0.39 is 0 Å². The van der Waals surface area contributed by atoms with Crippen molar-refractivity contribution in [1.82, 2.24) is 20.5 Å². The fourth-order valence-corrected chi connectivity index (χ4v) is 3.47. The molecule has 1 amide bonds. The first-order valence-electron chi connectivity index (χ1n) is 9.22. The number of hydrogen-bond acceptors (Lipinski definition) is 5. The topological polar surface area (TPSA) is 79.9 Å². The second-order valence-electron chi connectivity index (χ2n) is 6.42. The van der Waals surface area contributed by atoms with Crippen LogP contribution in [0.2, 0.25) is 5.02 Å². The summed E-state index contributed by atoms with van der Waals surface area (Å²) in [5.74, 6) is 1.49. The summed E-state index contributed by atoms with van der Waals surface area (Å²) in [6.45, 7) is 4.24. The molecule has 8 heteroatoms. The number of hydrogen-bond donors (Lipinski definition) is 2. The zero-order valence-corrected chi connectivity index (χ0v) is 17.6. The molecular formula is C19H27ClN4O2S. The Morgan fingerprint density at radius 2 is 2.19 bits per heavy atom. The predicted octanol–water partition coefficient (Wildman–Crippen LogP) is 4.70. The smallest absolute Gasteiger partial charge is 0.230 e. The van der Waals surface area contributed by atoms with Crippen LogP contribution in [0.15, 0.2) is 23.4 Å². The lowest BCUT2D eigenvalue weighted by Crippen LogP contribution is -2.33. The fraction of sp³-hybridized carbons (Fsp3) is 0.526. The van der Waals surface area contributed by atoms with Crippen molar-refractivity contribution in [2.24, 2.45) is 0 Å². The van der Waals surface area contributed by atoms with E-state index in [1.807, 2.05) is 6.92 Å². The highest BCUT2D eigenvalue weighted by molar-refractivity contribution is 7.99. The van der Waals surface area contributed by atoms with Gasteiger partial charge in [-0.25, -0.2) is 4.98 Å². The molecule has 0 radical (unpaired) electrons. The highest BCUT2D eigenvalue weighted by Gasteiger charge is 2.14. The van der Waals surface area contributed by atoms with E-state index >= 15 is 0 Å². The van der Waals surface area contributed by atoms with E-state index in [1.165, 1.54) is 31.0 Å². The number of carbonyl (C=O) groups is 1. The number of nitrogens with zero attached hydrogens (tertiary/aromatic N) is 2. The number of amides is 1. The molecule has 0 aliphatic heterocycles. The summed E-state index contributed by atoms with van der Waals surface area (Å²) in [5, 5.41) is 11.2. The molecule has 1 heterocycles. The third-order valence-electron chi connectivity index (χ3n) is 4.11. The maximum atomic E-state index is 12.1. The summed E-state index contributed by atoms with van der Waals surface area (Å²) in [7, 11) is 1.59. The Kier molecular flexibility index (Phi) is 8.94. The van der Waals surface area contributed by atoms with Crippen LogP contribution in [0.4, 0.5) is 0 Å². The van der Waals surface area contributed by atoms with E-state index in [0.29, 0.717) is 21.8 Å². The summed E-state index contributed by atoms with van der Waals surface area (Å²) < 4.78 is 5.34. The molecule has 6 nitrogen and oxygen atoms in total. The number of aromatic nitrogens is 3. The van der Waals surface area contributed by atoms with E-state index in [9.17, 15) is 4.79 Å². The first kappa shape index (κ1) is 21.6. The number of nitrogens with one attached hydrogen (secondary N) is 2. The Hall–Kier alpha value is -1.73. The van der Waals surface area contributed by atoms with Crippen molar-refractivity contribution < 1.29 is 9.53 Å². The molecular weight excluding hydrogens is 384 g/mol. The van der Waals surface area contributed by atoms with Gasteiger partial charge in [0.1, 0.15) is 5.75 Å². The van der Waals surface area contributed by atoms with Crippen molar-refractivity contribution in [3.05, 3.63) is 23.2 Å². The number of ether oxygens (including phenoxy) is 1. The Labute approximate surface area is 169 Å². The van der Waals surface area contributed by atoms with Gasteiger partial charge in [0.25, 0.3) is 0 Å². The molecule has 1 atom stereocenters. The molecule has 0 fully saturated rings. The first-order chi connectivity index (χ1) is 13.0. The number of carbonyl (C=O) groups excluding carboxylic acids is 1. The van der Waals surface area contributed by atoms with Crippen molar-refractivity contribution in [1.29, 1.82) is 0 Å². The summed E-state index contributed by atoms with van der Waals surface area (Å²) in [5.41, 5.74) is 0.731. The van der Waals surface area contributed by atoms with Gasteiger partial charge in [-0.1, -0.05) is 56.0 Å². The lowest BCUT2D eigenvalue weighted by Gasteiger charge is -2.13. The van der Waals surface area contributed by atoms with Crippen molar-refractivity contribution >= 4 is 29.3 Å². The molecule has 0 spiro atoms. The SMILES string of the molecule is CCCCCC[C@@H](C)NC(=O)CSc1n[nH]c(-c2cc(Cl)ccc2OC)n1. The lowest BCUT2D eigenvalue weighted by atomic mass is 10.1. The molecule has 0 saturated heterocycles. The van der Waals surface area contributed by atoms with Crippen LogP contribution in [-0.4, -0.2) is 40.0 Å². The summed E-state index contributed by atoms with van der Waals surface area (Å²) >= 11 is 7.36. The third kappa shape index (κ3) is 7.07. The molecule has 0 saturated carbocycles. The third-order valence-corrected chi connectivity index (χ3v) is 5.19. The van der Waals surface area contributed by atoms with Gasteiger partial charge >= 0.3 is 0 Å². The van der Waals surface area contributed by atoms with Crippen LogP contribution in [0.1, 0.15) is 46.0 Å². The van der Waals surface area contributed by atoms with Crippen LogP contribution >= 0.6 is 23.4 Å². The van der Waals surface area contributed by atoms with E-state index in [2.05, 4.69) is 27.4 Å². The van der Waals surface area contributed by atoms with Crippen molar-refractivity contribution in [2.45, 2.75) is 57.1 Å². The Bertz CT molecular complexity index is 738. The Balaban J connectivity index is 1.84. The minimum atomic E-state index is -0.00493. The largest absolute Gasteiger partial charge is 0.496 e. The van der Waals surface area contributed by atoms with Crippen molar-refractivity contribution in [3.63, 3.8) is 0 Å². The second-order valence-corrected chi connectivity index (χ2v) is 7.80. The Morgan fingerprint density at radius 3 is 2.93 bits per heavy atom. The van der Waals surface area contributed by atoms with Gasteiger partial charge in [-0.15, -0.1) is 5.10 Å². The molecule has 1 aromatic carbocycles. The highest BCUT2D eigenvalue weighted by atomic mass is 35.5. The van der Waals surface area contributed by atoms with Crippen LogP contribution in [0, 0.1) is 0 Å². The summed E-state index contributed by atoms with van der Waals surface area (Å²) in [6.07, 6.45) is 5.85. The maximum absolute atomic E-state index is 12.1. The number of H-pyrrole nitrogens is 1. The molecule has 0 aliphatic rings. The van der Waals surface area contributed by atoms with Gasteiger partial charge in [0.05, 0.1) is 18.4 Å². The number of unbranched alkanes of at least 4 members (excludes halogenated alkanes) is 3. The average molecular weight is 411 g/mol. The van der Waals surface area contributed by atoms with Gasteiger partial charge in [0, 0.05) is 11.1 Å². The van der Waals surface area contributed by atoms with Crippen LogP contribution in [0.5, 0.6) is 5.75 Å². The Morgan fingerprint density at radius 1 is 1.37 bits per heavy atom. The molecule has 0 bridgehead atoms. The van der Waals surface area contributed by atoms with Gasteiger partial charge in [0.15, 0.2) is 5.82 Å². The predicted molar refractivity (Wildman–Crippen MR) is 110 cm³/mol. The van der Waals surface area contributed by atoms with Gasteiger partial charge < -0.3 is 10.1 Å². The van der Waals surface area contributed by atoms with Gasteiger partial charge in [-0.05, 0) is 31.5 Å². The zero-order chi connectivity index (χ0) is 19.6. The molecule has 148 valence electrons. The highest BCUT2D eigenvalue weighted by Crippen LogP contribution is 2.31. The van der Waals surface area contributed by atoms with Crippen molar-refractivity contribution in [2.75, 3.05) is 12.9 Å². The summed E-state index contributed by atoms with van der Waals surface area (Å²) in [6, 6.07) is 5.49. The quantitative estimate of drug-likeness (QED) is 0.414. The number of halogens is 1. The second kappa shape index (κ2) is 11.2. The molecule has 27 heavy (non-hydrogen) atoms. The summed E-state index contributed by atoms with van der Waals surface area (Å²) in [4.78, 5) is 16.5. The monoisotopic (exact) mass is 410 g/mol. The fourth-order valence-electron chi connectivity index (χ4n) is 2.69. The van der Waals surface area contributed by atoms with Crippen LogP contribution in [0.3, 0.4) is 0 Å². The number of thioether (sulfide) groups is 1. The lowest BCUT2D eigenvalue weighted by molar-refractivity contribution is -0.119. The van der Waals surface area contributed by atoms with Crippen LogP contribution in [0.25, 0.3) is 11.4 Å². The minimum Gasteiger partial charge on any atom is -0.496 e. The van der Waals surface area contributed by atoms with Crippen LogP contribution in [-0.2, 0) is 4.79 Å². The molecule has 1 aromatic heterocycles. The number of rotatable bonds is 11. The van der Waals surface area contributed by atoms with Gasteiger partial charge in [-0.3, -0.25) is 9.89 Å². The molecule has 0 unspecified atom stereocenters. The molecule has 2 N–H and O–H groups in total. The van der Waals surface area contributed by atoms with E-state index in [1.54, 1.807) is 25.3 Å². The van der Waals surface area contributed by atoms with Crippen molar-refractivity contribution in [3.8, 4) is 17.1 Å². The first-order valence-corrected chi connectivity index (χ1v) is 10.6. The normalized spacial score (nSPS) is 12.0. The van der Waals surface area contributed by atoms with E-state index in [4.69, 9.17) is 16.3 Å². The number of methoxy groups -OCH3 is 1. The van der Waals surface area contributed by atoms with Crippen LogP contribution < -0.4 is 10.1 Å². The molecule has 0 aliphatic carbocycles. The average Bonchev–Trinajstić information content (AvgIpc) is 3.12. The molecule has 2 aromatic rings. The minimum absolute atomic E-state index is 0.00493. The van der Waals surface area contributed by atoms with Gasteiger partial charge in [-0.2, -0.15) is 0 Å². The van der Waals surface area contributed by atoms with E-state index in [0.717, 1.165) is 18.4 Å². The standard InChI is InChI=1S/C19H27ClN4O2S/c1-4-5-6-7-8-13(2)21-17(25)12-27-19-22-18(23-24-19)15-11-14(20)9-10-16(15)26-3/h9-11,13H,4-8,12H2,1-3H3,(H,21,25)(H,22,23,24)/t13-/m1/s1. The van der Waals surface area contributed by atoms with Gasteiger partial charge in [0.2, 0.25) is 11.1 Å². The molecule has 2 rings (SSSR count). The van der Waals surface area contributed by atoms with E-state index in [-0.39, 0.29) is 17.7 Å². The number of aromatic amines is 1.